The summed E-state index contributed by atoms with van der Waals surface area (Å²) in [5, 5.41) is 8.83. The molecule has 2 aromatic rings. The van der Waals surface area contributed by atoms with Crippen LogP contribution in [0.2, 0.25) is 0 Å². The van der Waals surface area contributed by atoms with Crippen LogP contribution in [-0.4, -0.2) is 27.1 Å². The molecule has 102 valence electrons. The van der Waals surface area contributed by atoms with Gasteiger partial charge in [-0.05, 0) is 43.5 Å². The molecule has 5 heteroatoms. The van der Waals surface area contributed by atoms with E-state index in [1.54, 1.807) is 18.1 Å². The Bertz CT molecular complexity index is 519. The van der Waals surface area contributed by atoms with Crippen LogP contribution in [0.15, 0.2) is 29.7 Å². The smallest absolute Gasteiger partial charge is 0.190 e. The summed E-state index contributed by atoms with van der Waals surface area (Å²) in [5.41, 5.74) is 2.48. The van der Waals surface area contributed by atoms with E-state index in [1.807, 2.05) is 11.6 Å². The maximum atomic E-state index is 5.76. The maximum Gasteiger partial charge on any atom is 0.190 e. The molecule has 1 heterocycles. The summed E-state index contributed by atoms with van der Waals surface area (Å²) < 4.78 is 7.69. The van der Waals surface area contributed by atoms with Crippen LogP contribution in [0.5, 0.6) is 5.75 Å². The minimum atomic E-state index is 0.730. The summed E-state index contributed by atoms with van der Waals surface area (Å²) in [7, 11) is 1.95. The molecular formula is C14H19N3OS. The number of hydrogen-bond donors (Lipinski definition) is 0. The predicted octanol–water partition coefficient (Wildman–Crippen LogP) is 2.99. The van der Waals surface area contributed by atoms with Crippen LogP contribution in [0.25, 0.3) is 0 Å². The predicted molar refractivity (Wildman–Crippen MR) is 77.8 cm³/mol. The van der Waals surface area contributed by atoms with Crippen molar-refractivity contribution in [1.82, 2.24) is 14.8 Å². The molecule has 4 nitrogen and oxygen atoms in total. The third-order valence-corrected chi connectivity index (χ3v) is 3.77. The molecule has 0 saturated heterocycles. The summed E-state index contributed by atoms with van der Waals surface area (Å²) in [6.07, 6.45) is 2.71. The van der Waals surface area contributed by atoms with E-state index in [0.717, 1.165) is 29.7 Å². The maximum absolute atomic E-state index is 5.76. The molecule has 0 aliphatic rings. The first-order valence-corrected chi connectivity index (χ1v) is 7.31. The molecule has 0 saturated carbocycles. The first kappa shape index (κ1) is 13.9. The zero-order chi connectivity index (χ0) is 13.7. The lowest BCUT2D eigenvalue weighted by Crippen LogP contribution is -2.00. The van der Waals surface area contributed by atoms with Crippen molar-refractivity contribution in [3.63, 3.8) is 0 Å². The third kappa shape index (κ3) is 4.28. The van der Waals surface area contributed by atoms with Crippen LogP contribution < -0.4 is 4.74 Å². The van der Waals surface area contributed by atoms with E-state index < -0.39 is 0 Å². The lowest BCUT2D eigenvalue weighted by Gasteiger charge is -2.08. The van der Waals surface area contributed by atoms with Crippen molar-refractivity contribution in [3.05, 3.63) is 35.7 Å². The van der Waals surface area contributed by atoms with Gasteiger partial charge in [-0.1, -0.05) is 17.8 Å². The molecule has 19 heavy (non-hydrogen) atoms. The van der Waals surface area contributed by atoms with E-state index in [0.29, 0.717) is 0 Å². The molecule has 0 unspecified atom stereocenters. The van der Waals surface area contributed by atoms with Crippen LogP contribution in [0.4, 0.5) is 0 Å². The summed E-state index contributed by atoms with van der Waals surface area (Å²) in [4.78, 5) is 0. The van der Waals surface area contributed by atoms with Crippen molar-refractivity contribution in [1.29, 1.82) is 0 Å². The lowest BCUT2D eigenvalue weighted by molar-refractivity contribution is 0.318. The molecule has 0 amide bonds. The fourth-order valence-electron chi connectivity index (χ4n) is 1.83. The molecular weight excluding hydrogens is 258 g/mol. The van der Waals surface area contributed by atoms with Gasteiger partial charge in [0.25, 0.3) is 0 Å². The Morgan fingerprint density at radius 1 is 1.21 bits per heavy atom. The standard InChI is InChI=1S/C14H19N3OS/c1-11-7-12(2)9-13(8-11)18-5-4-6-19-14-16-15-10-17(14)3/h7-10H,4-6H2,1-3H3. The van der Waals surface area contributed by atoms with E-state index in [1.165, 1.54) is 11.1 Å². The summed E-state index contributed by atoms with van der Waals surface area (Å²) in [5.74, 6) is 1.94. The minimum Gasteiger partial charge on any atom is -0.494 e. The van der Waals surface area contributed by atoms with Gasteiger partial charge in [0.2, 0.25) is 0 Å². The zero-order valence-electron chi connectivity index (χ0n) is 11.6. The number of thioether (sulfide) groups is 1. The number of aromatic nitrogens is 3. The molecule has 0 N–H and O–H groups in total. The van der Waals surface area contributed by atoms with Crippen LogP contribution in [0.1, 0.15) is 17.5 Å². The molecule has 0 radical (unpaired) electrons. The van der Waals surface area contributed by atoms with Crippen LogP contribution >= 0.6 is 11.8 Å². The monoisotopic (exact) mass is 277 g/mol. The van der Waals surface area contributed by atoms with E-state index in [2.05, 4.69) is 42.2 Å². The van der Waals surface area contributed by atoms with Crippen molar-refractivity contribution in [2.45, 2.75) is 25.4 Å². The van der Waals surface area contributed by atoms with Gasteiger partial charge in [-0.3, -0.25) is 0 Å². The van der Waals surface area contributed by atoms with Crippen molar-refractivity contribution in [3.8, 4) is 5.75 Å². The summed E-state index contributed by atoms with van der Waals surface area (Å²) >= 11 is 1.70. The van der Waals surface area contributed by atoms with Gasteiger partial charge in [0.1, 0.15) is 12.1 Å². The number of aryl methyl sites for hydroxylation is 3. The first-order valence-electron chi connectivity index (χ1n) is 6.33. The Balaban J connectivity index is 1.71. The minimum absolute atomic E-state index is 0.730. The zero-order valence-corrected chi connectivity index (χ0v) is 12.4. The van der Waals surface area contributed by atoms with Crippen LogP contribution in [0, 0.1) is 13.8 Å². The van der Waals surface area contributed by atoms with Crippen molar-refractivity contribution >= 4 is 11.8 Å². The Kier molecular flexibility index (Phi) is 4.85. The highest BCUT2D eigenvalue weighted by molar-refractivity contribution is 7.99. The van der Waals surface area contributed by atoms with Crippen LogP contribution in [-0.2, 0) is 7.05 Å². The number of ether oxygens (including phenoxy) is 1. The molecule has 2 rings (SSSR count). The Morgan fingerprint density at radius 3 is 2.58 bits per heavy atom. The van der Waals surface area contributed by atoms with Gasteiger partial charge in [-0.15, -0.1) is 10.2 Å². The highest BCUT2D eigenvalue weighted by Crippen LogP contribution is 2.18. The average molecular weight is 277 g/mol. The second-order valence-corrected chi connectivity index (χ2v) is 5.66. The fourth-order valence-corrected chi connectivity index (χ4v) is 2.63. The van der Waals surface area contributed by atoms with Gasteiger partial charge in [0.15, 0.2) is 5.16 Å². The highest BCUT2D eigenvalue weighted by atomic mass is 32.2. The fraction of sp³-hybridized carbons (Fsp3) is 0.429. The van der Waals surface area contributed by atoms with Gasteiger partial charge in [-0.25, -0.2) is 0 Å². The Morgan fingerprint density at radius 2 is 1.95 bits per heavy atom. The SMILES string of the molecule is Cc1cc(C)cc(OCCCSc2nncn2C)c1. The molecule has 0 aliphatic heterocycles. The first-order chi connectivity index (χ1) is 9.15. The molecule has 0 aliphatic carbocycles. The second kappa shape index (κ2) is 6.61. The number of rotatable bonds is 6. The van der Waals surface area contributed by atoms with E-state index in [-0.39, 0.29) is 0 Å². The van der Waals surface area contributed by atoms with Crippen molar-refractivity contribution < 1.29 is 4.74 Å². The van der Waals surface area contributed by atoms with Crippen LogP contribution in [0.3, 0.4) is 0 Å². The van der Waals surface area contributed by atoms with Gasteiger partial charge < -0.3 is 9.30 Å². The molecule has 0 fully saturated rings. The highest BCUT2D eigenvalue weighted by Gasteiger charge is 2.01. The van der Waals surface area contributed by atoms with Gasteiger partial charge in [-0.2, -0.15) is 0 Å². The van der Waals surface area contributed by atoms with E-state index in [9.17, 15) is 0 Å². The summed E-state index contributed by atoms with van der Waals surface area (Å²) in [6.45, 7) is 4.90. The van der Waals surface area contributed by atoms with Crippen molar-refractivity contribution in [2.24, 2.45) is 7.05 Å². The molecule has 1 aromatic heterocycles. The summed E-state index contributed by atoms with van der Waals surface area (Å²) in [6, 6.07) is 6.29. The van der Waals surface area contributed by atoms with Gasteiger partial charge >= 0.3 is 0 Å². The van der Waals surface area contributed by atoms with Gasteiger partial charge in [0.05, 0.1) is 6.61 Å². The lowest BCUT2D eigenvalue weighted by atomic mass is 10.1. The van der Waals surface area contributed by atoms with E-state index in [4.69, 9.17) is 4.74 Å². The largest absolute Gasteiger partial charge is 0.494 e. The number of hydrogen-bond acceptors (Lipinski definition) is 4. The number of benzene rings is 1. The Hall–Kier alpha value is -1.49. The Labute approximate surface area is 118 Å². The molecule has 1 aromatic carbocycles. The van der Waals surface area contributed by atoms with E-state index >= 15 is 0 Å². The molecule has 0 bridgehead atoms. The molecule has 0 spiro atoms. The average Bonchev–Trinajstić information content (AvgIpc) is 2.73. The second-order valence-electron chi connectivity index (χ2n) is 4.60. The van der Waals surface area contributed by atoms with Crippen molar-refractivity contribution in [2.75, 3.05) is 12.4 Å². The normalized spacial score (nSPS) is 10.7. The number of nitrogens with zero attached hydrogens (tertiary/aromatic N) is 3. The van der Waals surface area contributed by atoms with Gasteiger partial charge in [0, 0.05) is 12.8 Å². The molecule has 0 atom stereocenters. The quantitative estimate of drug-likeness (QED) is 0.601. The topological polar surface area (TPSA) is 39.9 Å². The third-order valence-electron chi connectivity index (χ3n) is 2.65.